The van der Waals surface area contributed by atoms with E-state index < -0.39 is 0 Å². The number of hydrogen-bond acceptors (Lipinski definition) is 3. The Labute approximate surface area is 110 Å². The minimum atomic E-state index is 0.645. The molecule has 1 aliphatic rings. The molecule has 0 unspecified atom stereocenters. The Morgan fingerprint density at radius 1 is 1.28 bits per heavy atom. The summed E-state index contributed by atoms with van der Waals surface area (Å²) < 4.78 is 1.96. The van der Waals surface area contributed by atoms with Crippen molar-refractivity contribution in [3.8, 4) is 0 Å². The third kappa shape index (κ3) is 2.33. The monoisotopic (exact) mass is 250 g/mol. The average Bonchev–Trinajstić information content (AvgIpc) is 2.68. The van der Waals surface area contributed by atoms with Crippen molar-refractivity contribution in [2.24, 2.45) is 7.05 Å². The van der Waals surface area contributed by atoms with Crippen LogP contribution in [0.25, 0.3) is 0 Å². The van der Waals surface area contributed by atoms with Crippen molar-refractivity contribution in [3.05, 3.63) is 5.69 Å². The Hall–Kier alpha value is -1.19. The van der Waals surface area contributed by atoms with Crippen LogP contribution < -0.4 is 10.6 Å². The van der Waals surface area contributed by atoms with Gasteiger partial charge in [-0.15, -0.1) is 0 Å². The molecular formula is C14H26N4. The number of nitrogens with zero attached hydrogens (tertiary/aromatic N) is 3. The zero-order valence-electron chi connectivity index (χ0n) is 11.9. The molecule has 0 atom stereocenters. The van der Waals surface area contributed by atoms with Gasteiger partial charge in [-0.25, -0.2) is 0 Å². The zero-order valence-corrected chi connectivity index (χ0v) is 11.9. The molecule has 102 valence electrons. The van der Waals surface area contributed by atoms with Crippen LogP contribution in [0, 0.1) is 0 Å². The van der Waals surface area contributed by atoms with E-state index in [-0.39, 0.29) is 0 Å². The van der Waals surface area contributed by atoms with Crippen LogP contribution in [0.5, 0.6) is 0 Å². The van der Waals surface area contributed by atoms with Crippen LogP contribution in [0.3, 0.4) is 0 Å². The molecule has 0 aromatic carbocycles. The lowest BCUT2D eigenvalue weighted by Crippen LogP contribution is -2.38. The number of hydrogen-bond donors (Lipinski definition) is 1. The van der Waals surface area contributed by atoms with Crippen LogP contribution in [-0.4, -0.2) is 22.4 Å². The first-order valence-corrected chi connectivity index (χ1v) is 7.27. The van der Waals surface area contributed by atoms with Crippen LogP contribution >= 0.6 is 0 Å². The van der Waals surface area contributed by atoms with E-state index in [9.17, 15) is 0 Å². The van der Waals surface area contributed by atoms with Crippen molar-refractivity contribution in [2.75, 3.05) is 17.2 Å². The molecule has 2 N–H and O–H groups in total. The van der Waals surface area contributed by atoms with Gasteiger partial charge in [-0.05, 0) is 26.2 Å². The van der Waals surface area contributed by atoms with Crippen LogP contribution in [0.1, 0.15) is 51.6 Å². The summed E-state index contributed by atoms with van der Waals surface area (Å²) >= 11 is 0. The van der Waals surface area contributed by atoms with Crippen molar-refractivity contribution in [1.82, 2.24) is 9.78 Å². The number of anilines is 2. The van der Waals surface area contributed by atoms with E-state index in [0.29, 0.717) is 6.04 Å². The Morgan fingerprint density at radius 2 is 1.94 bits per heavy atom. The van der Waals surface area contributed by atoms with E-state index in [1.54, 1.807) is 0 Å². The standard InChI is InChI=1S/C14H26N4/c1-4-12-13(15)14(17(3)16-12)18(5-2)11-9-7-6-8-10-11/h11H,4-10,15H2,1-3H3. The lowest BCUT2D eigenvalue weighted by molar-refractivity contribution is 0.413. The number of nitrogen functional groups attached to an aromatic ring is 1. The van der Waals surface area contributed by atoms with Gasteiger partial charge in [0.05, 0.1) is 11.4 Å². The van der Waals surface area contributed by atoms with Crippen LogP contribution in [0.2, 0.25) is 0 Å². The Kier molecular flexibility index (Phi) is 4.15. The molecule has 4 nitrogen and oxygen atoms in total. The highest BCUT2D eigenvalue weighted by Gasteiger charge is 2.25. The first-order chi connectivity index (χ1) is 8.69. The van der Waals surface area contributed by atoms with Crippen molar-refractivity contribution in [2.45, 2.75) is 58.4 Å². The predicted octanol–water partition coefficient (Wildman–Crippen LogP) is 2.72. The molecule has 0 saturated heterocycles. The second kappa shape index (κ2) is 5.63. The number of aryl methyl sites for hydroxylation is 2. The maximum Gasteiger partial charge on any atom is 0.150 e. The Balaban J connectivity index is 2.28. The van der Waals surface area contributed by atoms with Gasteiger partial charge in [-0.1, -0.05) is 26.2 Å². The van der Waals surface area contributed by atoms with Gasteiger partial charge in [0, 0.05) is 19.6 Å². The fraction of sp³-hybridized carbons (Fsp3) is 0.786. The van der Waals surface area contributed by atoms with Gasteiger partial charge in [0.15, 0.2) is 5.82 Å². The fourth-order valence-electron chi connectivity index (χ4n) is 3.16. The Morgan fingerprint density at radius 3 is 2.44 bits per heavy atom. The quantitative estimate of drug-likeness (QED) is 0.893. The summed E-state index contributed by atoms with van der Waals surface area (Å²) in [5, 5.41) is 4.54. The molecule has 0 bridgehead atoms. The van der Waals surface area contributed by atoms with E-state index in [0.717, 1.165) is 30.2 Å². The van der Waals surface area contributed by atoms with Crippen molar-refractivity contribution in [1.29, 1.82) is 0 Å². The molecule has 18 heavy (non-hydrogen) atoms. The van der Waals surface area contributed by atoms with E-state index in [1.165, 1.54) is 32.1 Å². The molecule has 1 heterocycles. The molecule has 2 rings (SSSR count). The van der Waals surface area contributed by atoms with Crippen molar-refractivity contribution < 1.29 is 0 Å². The van der Waals surface area contributed by atoms with Gasteiger partial charge in [0.25, 0.3) is 0 Å². The molecule has 4 heteroatoms. The lowest BCUT2D eigenvalue weighted by Gasteiger charge is -2.35. The van der Waals surface area contributed by atoms with Gasteiger partial charge in [-0.3, -0.25) is 4.68 Å². The summed E-state index contributed by atoms with van der Waals surface area (Å²) in [6, 6.07) is 0.645. The molecule has 1 aromatic rings. The molecule has 1 fully saturated rings. The third-order valence-electron chi connectivity index (χ3n) is 4.09. The van der Waals surface area contributed by atoms with Crippen molar-refractivity contribution >= 4 is 11.5 Å². The highest BCUT2D eigenvalue weighted by Crippen LogP contribution is 2.32. The van der Waals surface area contributed by atoms with Crippen molar-refractivity contribution in [3.63, 3.8) is 0 Å². The summed E-state index contributed by atoms with van der Waals surface area (Å²) in [6.45, 7) is 5.34. The SMILES string of the molecule is CCc1nn(C)c(N(CC)C2CCCCC2)c1N. The molecule has 1 aromatic heterocycles. The first kappa shape index (κ1) is 13.2. The summed E-state index contributed by atoms with van der Waals surface area (Å²) in [6.07, 6.45) is 7.57. The maximum atomic E-state index is 6.27. The number of nitrogens with two attached hydrogens (primary N) is 1. The second-order valence-electron chi connectivity index (χ2n) is 5.24. The molecule has 0 amide bonds. The van der Waals surface area contributed by atoms with Crippen LogP contribution in [-0.2, 0) is 13.5 Å². The lowest BCUT2D eigenvalue weighted by atomic mass is 9.94. The molecular weight excluding hydrogens is 224 g/mol. The maximum absolute atomic E-state index is 6.27. The number of rotatable bonds is 4. The van der Waals surface area contributed by atoms with Crippen LogP contribution in [0.15, 0.2) is 0 Å². The van der Waals surface area contributed by atoms with Gasteiger partial charge >= 0.3 is 0 Å². The molecule has 0 radical (unpaired) electrons. The molecule has 0 aliphatic heterocycles. The topological polar surface area (TPSA) is 47.1 Å². The highest BCUT2D eigenvalue weighted by atomic mass is 15.4. The molecule has 1 saturated carbocycles. The first-order valence-electron chi connectivity index (χ1n) is 7.27. The predicted molar refractivity (Wildman–Crippen MR) is 76.9 cm³/mol. The minimum absolute atomic E-state index is 0.645. The van der Waals surface area contributed by atoms with Gasteiger partial charge < -0.3 is 10.6 Å². The summed E-state index contributed by atoms with van der Waals surface area (Å²) in [5.41, 5.74) is 8.18. The number of aromatic nitrogens is 2. The van der Waals surface area contributed by atoms with Gasteiger partial charge in [-0.2, -0.15) is 5.10 Å². The summed E-state index contributed by atoms with van der Waals surface area (Å²) in [5.74, 6) is 1.13. The van der Waals surface area contributed by atoms with E-state index in [2.05, 4.69) is 23.8 Å². The average molecular weight is 250 g/mol. The van der Waals surface area contributed by atoms with E-state index in [1.807, 2.05) is 11.7 Å². The minimum Gasteiger partial charge on any atom is -0.394 e. The second-order valence-corrected chi connectivity index (χ2v) is 5.24. The highest BCUT2D eigenvalue weighted by molar-refractivity contribution is 5.67. The zero-order chi connectivity index (χ0) is 13.1. The Bertz CT molecular complexity index is 391. The third-order valence-corrected chi connectivity index (χ3v) is 4.09. The summed E-state index contributed by atoms with van der Waals surface area (Å²) in [4.78, 5) is 2.46. The molecule has 0 spiro atoms. The summed E-state index contributed by atoms with van der Waals surface area (Å²) in [7, 11) is 2.01. The van der Waals surface area contributed by atoms with Gasteiger partial charge in [0.1, 0.15) is 0 Å². The van der Waals surface area contributed by atoms with Gasteiger partial charge in [0.2, 0.25) is 0 Å². The van der Waals surface area contributed by atoms with Crippen LogP contribution in [0.4, 0.5) is 11.5 Å². The smallest absolute Gasteiger partial charge is 0.150 e. The van der Waals surface area contributed by atoms with E-state index in [4.69, 9.17) is 5.73 Å². The normalized spacial score (nSPS) is 17.1. The largest absolute Gasteiger partial charge is 0.394 e. The molecule has 1 aliphatic carbocycles. The fourth-order valence-corrected chi connectivity index (χ4v) is 3.16. The van der Waals surface area contributed by atoms with E-state index >= 15 is 0 Å².